The molecule has 33 heavy (non-hydrogen) atoms. The highest BCUT2D eigenvalue weighted by Gasteiger charge is 2.08. The minimum atomic E-state index is -0.136. The lowest BCUT2D eigenvalue weighted by Crippen LogP contribution is -2.24. The first-order valence-corrected chi connectivity index (χ1v) is 10.6. The summed E-state index contributed by atoms with van der Waals surface area (Å²) in [7, 11) is 1.61. The molecule has 0 bridgehead atoms. The Balaban J connectivity index is 1.49. The molecule has 0 aliphatic carbocycles. The number of carbonyl (C=O) groups is 1. The highest BCUT2D eigenvalue weighted by Crippen LogP contribution is 2.22. The fourth-order valence-electron chi connectivity index (χ4n) is 3.15. The van der Waals surface area contributed by atoms with Gasteiger partial charge < -0.3 is 19.5 Å². The van der Waals surface area contributed by atoms with Gasteiger partial charge in [0, 0.05) is 24.8 Å². The Labute approximate surface area is 193 Å². The van der Waals surface area contributed by atoms with Crippen LogP contribution in [0.5, 0.6) is 5.75 Å². The molecule has 3 rings (SSSR count). The number of rotatable bonds is 12. The smallest absolute Gasteiger partial charge is 0.251 e. The van der Waals surface area contributed by atoms with Crippen molar-refractivity contribution >= 4 is 5.91 Å². The van der Waals surface area contributed by atoms with E-state index in [1.54, 1.807) is 49.8 Å². The Kier molecular flexibility index (Phi) is 9.33. The van der Waals surface area contributed by atoms with Crippen LogP contribution in [0.3, 0.4) is 0 Å². The molecule has 0 saturated heterocycles. The summed E-state index contributed by atoms with van der Waals surface area (Å²) in [5, 5.41) is 19.8. The van der Waals surface area contributed by atoms with E-state index in [-0.39, 0.29) is 12.7 Å². The monoisotopic (exact) mass is 446 g/mol. The third-order valence-electron chi connectivity index (χ3n) is 4.89. The molecule has 0 saturated carbocycles. The number of hydrogen-bond acceptors (Lipinski definition) is 7. The average Bonchev–Trinajstić information content (AvgIpc) is 2.87. The molecule has 3 aromatic rings. The van der Waals surface area contributed by atoms with E-state index in [0.717, 1.165) is 16.7 Å². The predicted octanol–water partition coefficient (Wildman–Crippen LogP) is 3.38. The molecule has 1 heterocycles. The Morgan fingerprint density at radius 3 is 2.64 bits per heavy atom. The molecule has 8 nitrogen and oxygen atoms in total. The first kappa shape index (κ1) is 23.9. The topological polar surface area (TPSA) is 106 Å². The van der Waals surface area contributed by atoms with Crippen LogP contribution in [0.4, 0.5) is 0 Å². The molecular weight excluding hydrogens is 420 g/mol. The Morgan fingerprint density at radius 1 is 1.06 bits per heavy atom. The van der Waals surface area contributed by atoms with Gasteiger partial charge in [-0.1, -0.05) is 12.1 Å². The molecular formula is C25H26N4O4. The summed E-state index contributed by atoms with van der Waals surface area (Å²) >= 11 is 0. The number of methoxy groups -OCH3 is 1. The summed E-state index contributed by atoms with van der Waals surface area (Å²) in [4.78, 5) is 12.5. The zero-order valence-corrected chi connectivity index (χ0v) is 18.5. The average molecular weight is 447 g/mol. The lowest BCUT2D eigenvalue weighted by Gasteiger charge is -2.12. The van der Waals surface area contributed by atoms with E-state index in [1.165, 1.54) is 0 Å². The molecule has 1 N–H and O–H groups in total. The second-order valence-electron chi connectivity index (χ2n) is 7.17. The Hall–Kier alpha value is -3.80. The van der Waals surface area contributed by atoms with Gasteiger partial charge in [0.25, 0.3) is 5.91 Å². The van der Waals surface area contributed by atoms with Gasteiger partial charge in [-0.3, -0.25) is 4.79 Å². The summed E-state index contributed by atoms with van der Waals surface area (Å²) in [6.07, 6.45) is 4.66. The van der Waals surface area contributed by atoms with Gasteiger partial charge in [0.15, 0.2) is 6.79 Å². The van der Waals surface area contributed by atoms with Crippen molar-refractivity contribution in [1.82, 2.24) is 15.5 Å². The number of benzene rings is 2. The minimum absolute atomic E-state index is 0.102. The van der Waals surface area contributed by atoms with Gasteiger partial charge in [0.05, 0.1) is 37.2 Å². The number of aromatic nitrogens is 2. The number of aryl methyl sites for hydroxylation is 1. The van der Waals surface area contributed by atoms with E-state index in [2.05, 4.69) is 21.6 Å². The molecule has 2 aromatic carbocycles. The van der Waals surface area contributed by atoms with E-state index in [0.29, 0.717) is 49.5 Å². The number of carbonyl (C=O) groups excluding carboxylic acids is 1. The first-order valence-electron chi connectivity index (χ1n) is 10.6. The van der Waals surface area contributed by atoms with Crippen molar-refractivity contribution in [3.63, 3.8) is 0 Å². The van der Waals surface area contributed by atoms with Crippen molar-refractivity contribution in [2.75, 3.05) is 33.7 Å². The highest BCUT2D eigenvalue weighted by atomic mass is 16.7. The number of hydrogen-bond donors (Lipinski definition) is 1. The van der Waals surface area contributed by atoms with Crippen molar-refractivity contribution in [2.24, 2.45) is 0 Å². The molecule has 0 radical (unpaired) electrons. The van der Waals surface area contributed by atoms with Gasteiger partial charge >= 0.3 is 0 Å². The number of nitriles is 1. The standard InChI is InChI=1S/C25H26N4O4/c1-31-13-14-32-18-33-24-9-4-19(16-26)15-22(24)3-2-11-27-25(30)21-7-5-20(6-8-21)23-10-12-28-29-17-23/h4-10,12,15,17H,2-3,11,13-14,18H2,1H3,(H,27,30). The normalized spacial score (nSPS) is 10.4. The van der Waals surface area contributed by atoms with E-state index >= 15 is 0 Å². The van der Waals surface area contributed by atoms with Crippen LogP contribution in [-0.2, 0) is 15.9 Å². The van der Waals surface area contributed by atoms with Gasteiger partial charge in [-0.2, -0.15) is 15.5 Å². The molecule has 1 amide bonds. The molecule has 0 unspecified atom stereocenters. The van der Waals surface area contributed by atoms with Gasteiger partial charge in [-0.25, -0.2) is 0 Å². The van der Waals surface area contributed by atoms with E-state index in [1.807, 2.05) is 18.2 Å². The Morgan fingerprint density at radius 2 is 1.91 bits per heavy atom. The second kappa shape index (κ2) is 12.9. The fraction of sp³-hybridized carbons (Fsp3) is 0.280. The van der Waals surface area contributed by atoms with Crippen LogP contribution in [0, 0.1) is 11.3 Å². The highest BCUT2D eigenvalue weighted by molar-refractivity contribution is 5.94. The molecule has 0 aliphatic rings. The second-order valence-corrected chi connectivity index (χ2v) is 7.17. The SMILES string of the molecule is COCCOCOc1ccc(C#N)cc1CCCNC(=O)c1ccc(-c2ccnnc2)cc1. The number of nitrogens with one attached hydrogen (secondary N) is 1. The van der Waals surface area contributed by atoms with Crippen LogP contribution in [0.1, 0.15) is 27.9 Å². The van der Waals surface area contributed by atoms with Gasteiger partial charge in [-0.05, 0) is 60.4 Å². The minimum Gasteiger partial charge on any atom is -0.467 e. The molecule has 0 fully saturated rings. The fourth-order valence-corrected chi connectivity index (χ4v) is 3.15. The van der Waals surface area contributed by atoms with Crippen molar-refractivity contribution in [2.45, 2.75) is 12.8 Å². The molecule has 0 atom stereocenters. The van der Waals surface area contributed by atoms with Crippen LogP contribution in [0.2, 0.25) is 0 Å². The number of nitrogens with zero attached hydrogens (tertiary/aromatic N) is 3. The summed E-state index contributed by atoms with van der Waals surface area (Å²) in [5.74, 6) is 0.530. The maximum Gasteiger partial charge on any atom is 0.251 e. The summed E-state index contributed by atoms with van der Waals surface area (Å²) in [6, 6.07) is 16.6. The molecule has 0 aliphatic heterocycles. The number of ether oxygens (including phenoxy) is 3. The molecule has 170 valence electrons. The maximum atomic E-state index is 12.5. The summed E-state index contributed by atoms with van der Waals surface area (Å²) in [5.41, 5.74) is 3.96. The first-order chi connectivity index (χ1) is 16.2. The summed E-state index contributed by atoms with van der Waals surface area (Å²) < 4.78 is 16.0. The lowest BCUT2D eigenvalue weighted by atomic mass is 10.0. The van der Waals surface area contributed by atoms with E-state index < -0.39 is 0 Å². The molecule has 0 spiro atoms. The maximum absolute atomic E-state index is 12.5. The van der Waals surface area contributed by atoms with Crippen LogP contribution < -0.4 is 10.1 Å². The third kappa shape index (κ3) is 7.38. The van der Waals surface area contributed by atoms with Crippen LogP contribution in [0.25, 0.3) is 11.1 Å². The van der Waals surface area contributed by atoms with Crippen molar-refractivity contribution in [3.8, 4) is 22.9 Å². The van der Waals surface area contributed by atoms with Gasteiger partial charge in [0.1, 0.15) is 5.75 Å². The zero-order chi connectivity index (χ0) is 23.3. The van der Waals surface area contributed by atoms with Crippen molar-refractivity contribution in [1.29, 1.82) is 5.26 Å². The summed E-state index contributed by atoms with van der Waals surface area (Å²) in [6.45, 7) is 1.53. The third-order valence-corrected chi connectivity index (χ3v) is 4.89. The quantitative estimate of drug-likeness (QED) is 0.336. The van der Waals surface area contributed by atoms with E-state index in [9.17, 15) is 10.1 Å². The zero-order valence-electron chi connectivity index (χ0n) is 18.5. The van der Waals surface area contributed by atoms with E-state index in [4.69, 9.17) is 14.2 Å². The largest absolute Gasteiger partial charge is 0.467 e. The Bertz CT molecular complexity index is 1070. The molecule has 8 heteroatoms. The van der Waals surface area contributed by atoms with Crippen LogP contribution >= 0.6 is 0 Å². The van der Waals surface area contributed by atoms with Crippen LogP contribution in [0.15, 0.2) is 60.9 Å². The van der Waals surface area contributed by atoms with Gasteiger partial charge in [-0.15, -0.1) is 0 Å². The lowest BCUT2D eigenvalue weighted by molar-refractivity contribution is -0.00887. The van der Waals surface area contributed by atoms with Crippen LogP contribution in [-0.4, -0.2) is 49.8 Å². The van der Waals surface area contributed by atoms with Gasteiger partial charge in [0.2, 0.25) is 0 Å². The molecule has 1 aromatic heterocycles. The van der Waals surface area contributed by atoms with Crippen molar-refractivity contribution < 1.29 is 19.0 Å². The number of amides is 1. The van der Waals surface area contributed by atoms with Crippen molar-refractivity contribution in [3.05, 3.63) is 77.6 Å². The predicted molar refractivity (Wildman–Crippen MR) is 123 cm³/mol.